The molecule has 0 unspecified atom stereocenters. The Bertz CT molecular complexity index is 999. The lowest BCUT2D eigenvalue weighted by Crippen LogP contribution is -2.36. The highest BCUT2D eigenvalue weighted by Crippen LogP contribution is 2.23. The van der Waals surface area contributed by atoms with E-state index in [1.54, 1.807) is 0 Å². The van der Waals surface area contributed by atoms with Gasteiger partial charge in [-0.25, -0.2) is 0 Å². The summed E-state index contributed by atoms with van der Waals surface area (Å²) in [7, 11) is 0. The Morgan fingerprint density at radius 2 is 1.32 bits per heavy atom. The highest BCUT2D eigenvalue weighted by atomic mass is 15.0. The normalized spacial score (nSPS) is 11.2. The highest BCUT2D eigenvalue weighted by Gasteiger charge is 2.18. The maximum absolute atomic E-state index is 2.36. The lowest BCUT2D eigenvalue weighted by molar-refractivity contribution is -0.574. The number of aryl methyl sites for hydroxylation is 2. The van der Waals surface area contributed by atoms with Gasteiger partial charge in [0.1, 0.15) is 0 Å². The molecule has 0 fully saturated rings. The number of para-hydroxylation sites is 1. The van der Waals surface area contributed by atoms with Crippen molar-refractivity contribution in [2.75, 3.05) is 0 Å². The Labute approximate surface area is 130 Å². The van der Waals surface area contributed by atoms with E-state index in [0.717, 1.165) is 0 Å². The number of pyridine rings is 1. The molecule has 106 valence electrons. The highest BCUT2D eigenvalue weighted by molar-refractivity contribution is 5.88. The van der Waals surface area contributed by atoms with E-state index in [1.807, 2.05) is 0 Å². The van der Waals surface area contributed by atoms with Crippen LogP contribution in [-0.4, -0.2) is 0 Å². The van der Waals surface area contributed by atoms with Crippen LogP contribution >= 0.6 is 0 Å². The van der Waals surface area contributed by atoms with Crippen molar-refractivity contribution in [3.63, 3.8) is 0 Å². The Hall–Kier alpha value is -2.67. The molecule has 0 aliphatic carbocycles. The van der Waals surface area contributed by atoms with Crippen LogP contribution in [0, 0.1) is 13.8 Å². The molecule has 0 N–H and O–H groups in total. The van der Waals surface area contributed by atoms with Gasteiger partial charge in [0.05, 0.1) is 0 Å². The summed E-state index contributed by atoms with van der Waals surface area (Å²) < 4.78 is 2.36. The van der Waals surface area contributed by atoms with Gasteiger partial charge in [-0.2, -0.15) is 4.57 Å². The molecule has 4 rings (SSSR count). The van der Waals surface area contributed by atoms with Crippen molar-refractivity contribution in [2.45, 2.75) is 13.8 Å². The zero-order chi connectivity index (χ0) is 15.1. The first kappa shape index (κ1) is 13.0. The average molecular weight is 284 g/mol. The number of nitrogens with zero attached hydrogens (tertiary/aromatic N) is 1. The largest absolute Gasteiger partial charge is 0.218 e. The molecular weight excluding hydrogens is 266 g/mol. The monoisotopic (exact) mass is 284 g/mol. The minimum absolute atomic E-state index is 1.25. The van der Waals surface area contributed by atoms with Gasteiger partial charge in [-0.05, 0) is 35.9 Å². The molecule has 0 saturated carbocycles. The van der Waals surface area contributed by atoms with Gasteiger partial charge in [-0.1, -0.05) is 36.4 Å². The van der Waals surface area contributed by atoms with Crippen molar-refractivity contribution >= 4 is 21.7 Å². The molecular formula is C21H18N+. The Balaban J connectivity index is 2.12. The van der Waals surface area contributed by atoms with Crippen molar-refractivity contribution in [1.82, 2.24) is 0 Å². The predicted molar refractivity (Wildman–Crippen MR) is 92.5 cm³/mol. The molecule has 0 saturated heterocycles. The van der Waals surface area contributed by atoms with Gasteiger partial charge in [-0.15, -0.1) is 0 Å². The zero-order valence-corrected chi connectivity index (χ0v) is 12.9. The first-order chi connectivity index (χ1) is 10.8. The van der Waals surface area contributed by atoms with Crippen molar-refractivity contribution in [3.8, 4) is 5.69 Å². The standard InChI is InChI=1S/C21H18N/c1-15-11-12-18-8-4-6-10-21(18)22(15)20-14-13-17-7-3-5-9-19(17)16(20)2/h3-14H,1-2H3/q+1. The van der Waals surface area contributed by atoms with E-state index in [2.05, 4.69) is 91.2 Å². The second kappa shape index (κ2) is 4.96. The summed E-state index contributed by atoms with van der Waals surface area (Å²) in [5.74, 6) is 0. The maximum atomic E-state index is 2.36. The first-order valence-corrected chi connectivity index (χ1v) is 7.65. The Morgan fingerprint density at radius 1 is 0.636 bits per heavy atom. The average Bonchev–Trinajstić information content (AvgIpc) is 2.56. The molecule has 4 aromatic rings. The quantitative estimate of drug-likeness (QED) is 0.438. The van der Waals surface area contributed by atoms with E-state index in [0.29, 0.717) is 0 Å². The van der Waals surface area contributed by atoms with Gasteiger partial charge < -0.3 is 0 Å². The van der Waals surface area contributed by atoms with E-state index in [4.69, 9.17) is 0 Å². The molecule has 1 heterocycles. The van der Waals surface area contributed by atoms with Crippen LogP contribution in [0.15, 0.2) is 72.8 Å². The smallest absolute Gasteiger partial charge is 0.157 e. The topological polar surface area (TPSA) is 3.88 Å². The summed E-state index contributed by atoms with van der Waals surface area (Å²) in [5, 5.41) is 3.88. The molecule has 0 radical (unpaired) electrons. The zero-order valence-electron chi connectivity index (χ0n) is 12.9. The van der Waals surface area contributed by atoms with Crippen LogP contribution in [0.5, 0.6) is 0 Å². The van der Waals surface area contributed by atoms with Crippen LogP contribution in [0.4, 0.5) is 0 Å². The number of rotatable bonds is 1. The second-order valence-corrected chi connectivity index (χ2v) is 5.80. The summed E-state index contributed by atoms with van der Waals surface area (Å²) in [6, 6.07) is 26.0. The van der Waals surface area contributed by atoms with Gasteiger partial charge in [0.25, 0.3) is 0 Å². The van der Waals surface area contributed by atoms with Crippen LogP contribution in [0.25, 0.3) is 27.4 Å². The fourth-order valence-corrected chi connectivity index (χ4v) is 3.28. The summed E-state index contributed by atoms with van der Waals surface area (Å²) in [4.78, 5) is 0. The molecule has 1 aromatic heterocycles. The summed E-state index contributed by atoms with van der Waals surface area (Å²) in [6.45, 7) is 4.38. The predicted octanol–water partition coefficient (Wildman–Crippen LogP) is 4.89. The molecule has 3 aromatic carbocycles. The summed E-state index contributed by atoms with van der Waals surface area (Å²) in [5.41, 5.74) is 5.08. The van der Waals surface area contributed by atoms with E-state index < -0.39 is 0 Å². The molecule has 0 spiro atoms. The van der Waals surface area contributed by atoms with Crippen LogP contribution < -0.4 is 4.57 Å². The molecule has 1 nitrogen and oxygen atoms in total. The van der Waals surface area contributed by atoms with Gasteiger partial charge in [0.2, 0.25) is 11.2 Å². The lowest BCUT2D eigenvalue weighted by atomic mass is 10.0. The fourth-order valence-electron chi connectivity index (χ4n) is 3.28. The van der Waals surface area contributed by atoms with Crippen molar-refractivity contribution < 1.29 is 4.57 Å². The Kier molecular flexibility index (Phi) is 2.93. The van der Waals surface area contributed by atoms with Gasteiger partial charge in [0.15, 0.2) is 5.69 Å². The van der Waals surface area contributed by atoms with Crippen molar-refractivity contribution in [3.05, 3.63) is 84.1 Å². The van der Waals surface area contributed by atoms with Crippen LogP contribution in [0.2, 0.25) is 0 Å². The number of benzene rings is 3. The lowest BCUT2D eigenvalue weighted by Gasteiger charge is -2.09. The van der Waals surface area contributed by atoms with E-state index >= 15 is 0 Å². The van der Waals surface area contributed by atoms with E-state index in [1.165, 1.54) is 38.6 Å². The minimum atomic E-state index is 1.25. The van der Waals surface area contributed by atoms with Crippen LogP contribution in [0.3, 0.4) is 0 Å². The summed E-state index contributed by atoms with van der Waals surface area (Å²) in [6.07, 6.45) is 0. The molecule has 22 heavy (non-hydrogen) atoms. The SMILES string of the molecule is Cc1c(-[n+]2c(C)ccc3ccccc32)ccc2ccccc12. The Morgan fingerprint density at radius 3 is 2.18 bits per heavy atom. The van der Waals surface area contributed by atoms with E-state index in [-0.39, 0.29) is 0 Å². The van der Waals surface area contributed by atoms with Crippen molar-refractivity contribution in [2.24, 2.45) is 0 Å². The molecule has 1 heteroatoms. The molecule has 0 bridgehead atoms. The molecule has 0 aliphatic rings. The minimum Gasteiger partial charge on any atom is -0.157 e. The first-order valence-electron chi connectivity index (χ1n) is 7.65. The fraction of sp³-hybridized carbons (Fsp3) is 0.0952. The third kappa shape index (κ3) is 1.90. The molecule has 0 amide bonds. The van der Waals surface area contributed by atoms with Gasteiger partial charge in [-0.3, -0.25) is 0 Å². The third-order valence-electron chi connectivity index (χ3n) is 4.45. The second-order valence-electron chi connectivity index (χ2n) is 5.80. The van der Waals surface area contributed by atoms with E-state index in [9.17, 15) is 0 Å². The molecule has 0 aliphatic heterocycles. The number of hydrogen-bond donors (Lipinski definition) is 0. The third-order valence-corrected chi connectivity index (χ3v) is 4.45. The molecule has 0 atom stereocenters. The van der Waals surface area contributed by atoms with Crippen LogP contribution in [-0.2, 0) is 0 Å². The summed E-state index contributed by atoms with van der Waals surface area (Å²) >= 11 is 0. The number of hydrogen-bond acceptors (Lipinski definition) is 0. The number of aromatic nitrogens is 1. The van der Waals surface area contributed by atoms with Crippen molar-refractivity contribution in [1.29, 1.82) is 0 Å². The van der Waals surface area contributed by atoms with Crippen LogP contribution in [0.1, 0.15) is 11.3 Å². The number of fused-ring (bicyclic) bond motifs is 2. The van der Waals surface area contributed by atoms with Gasteiger partial charge >= 0.3 is 0 Å². The maximum Gasteiger partial charge on any atom is 0.218 e. The van der Waals surface area contributed by atoms with Gasteiger partial charge in [0, 0.05) is 36.1 Å².